The fraction of sp³-hybridized carbons (Fsp3) is 0.400. The normalized spacial score (nSPS) is 34.2. The van der Waals surface area contributed by atoms with Gasteiger partial charge in [0.15, 0.2) is 0 Å². The number of imide groups is 1. The highest BCUT2D eigenvalue weighted by Gasteiger charge is 2.53. The molecule has 2 saturated heterocycles. The highest BCUT2D eigenvalue weighted by molar-refractivity contribution is 7.10. The molecule has 0 aliphatic carbocycles. The summed E-state index contributed by atoms with van der Waals surface area (Å²) in [7, 11) is 1.80. The van der Waals surface area contributed by atoms with Gasteiger partial charge in [-0.3, -0.25) is 14.9 Å². The van der Waals surface area contributed by atoms with Crippen LogP contribution in [0.15, 0.2) is 17.5 Å². The van der Waals surface area contributed by atoms with E-state index in [1.165, 1.54) is 0 Å². The maximum absolute atomic E-state index is 11.7. The molecule has 2 N–H and O–H groups in total. The van der Waals surface area contributed by atoms with E-state index in [1.807, 2.05) is 17.5 Å². The summed E-state index contributed by atoms with van der Waals surface area (Å²) in [5.74, 6) is -0.689. The first-order valence-electron chi connectivity index (χ1n) is 5.05. The first-order chi connectivity index (χ1) is 7.68. The molecule has 0 aromatic carbocycles. The van der Waals surface area contributed by atoms with Crippen molar-refractivity contribution in [3.8, 4) is 0 Å². The molecule has 3 rings (SSSR count). The Kier molecular flexibility index (Phi) is 2.10. The minimum Gasteiger partial charge on any atom is -0.295 e. The lowest BCUT2D eigenvalue weighted by Crippen LogP contribution is -2.41. The van der Waals surface area contributed by atoms with Gasteiger partial charge >= 0.3 is 0 Å². The van der Waals surface area contributed by atoms with Crippen LogP contribution in [0.5, 0.6) is 0 Å². The average Bonchev–Trinajstić information content (AvgIpc) is 2.87. The van der Waals surface area contributed by atoms with Crippen molar-refractivity contribution in [2.75, 3.05) is 7.05 Å². The van der Waals surface area contributed by atoms with E-state index in [1.54, 1.807) is 23.4 Å². The Balaban J connectivity index is 1.99. The van der Waals surface area contributed by atoms with E-state index in [-0.39, 0.29) is 29.8 Å². The standard InChI is InChI=1S/C10H11N3O2S/c1-13-8-6(9(14)11-10(8)15)7(12-13)5-3-2-4-16-5/h2-4,6-8,12H,1H3,(H,11,14,15)/t6-,7+,8+/m1/s1. The van der Waals surface area contributed by atoms with Crippen LogP contribution in [-0.2, 0) is 9.59 Å². The Morgan fingerprint density at radius 1 is 1.38 bits per heavy atom. The van der Waals surface area contributed by atoms with Gasteiger partial charge in [-0.2, -0.15) is 0 Å². The molecule has 0 spiro atoms. The second-order valence-corrected chi connectivity index (χ2v) is 5.04. The highest BCUT2D eigenvalue weighted by atomic mass is 32.1. The zero-order valence-corrected chi connectivity index (χ0v) is 9.45. The lowest BCUT2D eigenvalue weighted by atomic mass is 9.95. The summed E-state index contributed by atoms with van der Waals surface area (Å²) >= 11 is 1.59. The SMILES string of the molecule is CN1N[C@@H](c2cccs2)[C@H]2C(=O)NC(=O)[C@H]21. The van der Waals surface area contributed by atoms with Crippen LogP contribution < -0.4 is 10.7 Å². The number of hydrogen-bond acceptors (Lipinski definition) is 5. The van der Waals surface area contributed by atoms with Gasteiger partial charge in [0.05, 0.1) is 12.0 Å². The lowest BCUT2D eigenvalue weighted by Gasteiger charge is -2.15. The van der Waals surface area contributed by atoms with Gasteiger partial charge in [0.2, 0.25) is 11.8 Å². The average molecular weight is 237 g/mol. The third-order valence-corrected chi connectivity index (χ3v) is 4.08. The Hall–Kier alpha value is -1.24. The van der Waals surface area contributed by atoms with Gasteiger partial charge in [-0.15, -0.1) is 11.3 Å². The molecular formula is C10H11N3O2S. The monoisotopic (exact) mass is 237 g/mol. The number of nitrogens with zero attached hydrogens (tertiary/aromatic N) is 1. The molecule has 2 aliphatic rings. The number of hydrogen-bond donors (Lipinski definition) is 2. The lowest BCUT2D eigenvalue weighted by molar-refractivity contribution is -0.127. The summed E-state index contributed by atoms with van der Waals surface area (Å²) in [5.41, 5.74) is 3.18. The van der Waals surface area contributed by atoms with Crippen molar-refractivity contribution in [2.24, 2.45) is 5.92 Å². The summed E-state index contributed by atoms with van der Waals surface area (Å²) in [6.45, 7) is 0. The summed E-state index contributed by atoms with van der Waals surface area (Å²) in [6, 6.07) is 3.47. The van der Waals surface area contributed by atoms with Crippen molar-refractivity contribution in [3.63, 3.8) is 0 Å². The Labute approximate surface area is 96.4 Å². The van der Waals surface area contributed by atoms with E-state index in [9.17, 15) is 9.59 Å². The maximum Gasteiger partial charge on any atom is 0.246 e. The van der Waals surface area contributed by atoms with Crippen LogP contribution in [-0.4, -0.2) is 29.9 Å². The molecule has 0 radical (unpaired) electrons. The summed E-state index contributed by atoms with van der Waals surface area (Å²) in [4.78, 5) is 24.4. The van der Waals surface area contributed by atoms with Crippen LogP contribution in [0.4, 0.5) is 0 Å². The molecule has 2 aliphatic heterocycles. The number of hydrazine groups is 1. The second kappa shape index (κ2) is 3.38. The fourth-order valence-electron chi connectivity index (χ4n) is 2.42. The van der Waals surface area contributed by atoms with Gasteiger partial charge in [-0.25, -0.2) is 10.4 Å². The van der Waals surface area contributed by atoms with E-state index in [2.05, 4.69) is 10.7 Å². The van der Waals surface area contributed by atoms with E-state index in [0.29, 0.717) is 0 Å². The third-order valence-electron chi connectivity index (χ3n) is 3.13. The van der Waals surface area contributed by atoms with E-state index in [0.717, 1.165) is 4.88 Å². The number of amides is 2. The third kappa shape index (κ3) is 1.24. The molecule has 1 aromatic heterocycles. The summed E-state index contributed by atoms with van der Waals surface area (Å²) in [6.07, 6.45) is 0. The van der Waals surface area contributed by atoms with Gasteiger partial charge in [0, 0.05) is 11.9 Å². The molecule has 5 nitrogen and oxygen atoms in total. The highest BCUT2D eigenvalue weighted by Crippen LogP contribution is 2.37. The number of rotatable bonds is 1. The van der Waals surface area contributed by atoms with E-state index >= 15 is 0 Å². The molecule has 3 atom stereocenters. The zero-order chi connectivity index (χ0) is 11.3. The topological polar surface area (TPSA) is 61.4 Å². The molecule has 2 fully saturated rings. The first-order valence-corrected chi connectivity index (χ1v) is 5.93. The smallest absolute Gasteiger partial charge is 0.246 e. The predicted octanol–water partition coefficient (Wildman–Crippen LogP) is -0.120. The van der Waals surface area contributed by atoms with Crippen LogP contribution in [0.25, 0.3) is 0 Å². The number of carbonyl (C=O) groups excluding carboxylic acids is 2. The van der Waals surface area contributed by atoms with Crippen LogP contribution in [0.1, 0.15) is 10.9 Å². The predicted molar refractivity (Wildman–Crippen MR) is 58.4 cm³/mol. The Morgan fingerprint density at radius 2 is 2.19 bits per heavy atom. The molecule has 0 saturated carbocycles. The fourth-order valence-corrected chi connectivity index (χ4v) is 3.24. The molecule has 0 unspecified atom stereocenters. The van der Waals surface area contributed by atoms with E-state index in [4.69, 9.17) is 0 Å². The second-order valence-electron chi connectivity index (χ2n) is 4.06. The summed E-state index contributed by atoms with van der Waals surface area (Å²) in [5, 5.41) is 6.09. The first kappa shape index (κ1) is 9.95. The molecule has 84 valence electrons. The van der Waals surface area contributed by atoms with Gasteiger partial charge in [0.1, 0.15) is 6.04 Å². The maximum atomic E-state index is 11.7. The van der Waals surface area contributed by atoms with Gasteiger partial charge in [0.25, 0.3) is 0 Å². The molecule has 1 aromatic rings. The van der Waals surface area contributed by atoms with E-state index < -0.39 is 0 Å². The molecule has 3 heterocycles. The Morgan fingerprint density at radius 3 is 2.88 bits per heavy atom. The number of likely N-dealkylation sites (N-methyl/N-ethyl adjacent to an activating group) is 1. The van der Waals surface area contributed by atoms with Gasteiger partial charge < -0.3 is 0 Å². The molecule has 6 heteroatoms. The van der Waals surface area contributed by atoms with Crippen molar-refractivity contribution in [2.45, 2.75) is 12.1 Å². The minimum atomic E-state index is -0.375. The molecule has 2 amide bonds. The molecule has 0 bridgehead atoms. The van der Waals surface area contributed by atoms with Gasteiger partial charge in [-0.1, -0.05) is 6.07 Å². The minimum absolute atomic E-state index is 0.0820. The number of fused-ring (bicyclic) bond motifs is 1. The largest absolute Gasteiger partial charge is 0.295 e. The van der Waals surface area contributed by atoms with Crippen molar-refractivity contribution in [1.29, 1.82) is 0 Å². The summed E-state index contributed by atoms with van der Waals surface area (Å²) < 4.78 is 0. The quantitative estimate of drug-likeness (QED) is 0.669. The van der Waals surface area contributed by atoms with Crippen molar-refractivity contribution >= 4 is 23.2 Å². The van der Waals surface area contributed by atoms with Crippen molar-refractivity contribution in [1.82, 2.24) is 15.8 Å². The van der Waals surface area contributed by atoms with Crippen LogP contribution in [0, 0.1) is 5.92 Å². The molecular weight excluding hydrogens is 226 g/mol. The van der Waals surface area contributed by atoms with Gasteiger partial charge in [-0.05, 0) is 11.4 Å². The number of carbonyl (C=O) groups is 2. The van der Waals surface area contributed by atoms with Crippen molar-refractivity contribution in [3.05, 3.63) is 22.4 Å². The number of thiophene rings is 1. The van der Waals surface area contributed by atoms with Crippen LogP contribution in [0.2, 0.25) is 0 Å². The number of nitrogens with one attached hydrogen (secondary N) is 2. The Bertz CT molecular complexity index is 445. The molecule has 16 heavy (non-hydrogen) atoms. The van der Waals surface area contributed by atoms with Crippen LogP contribution >= 0.6 is 11.3 Å². The van der Waals surface area contributed by atoms with Crippen LogP contribution in [0.3, 0.4) is 0 Å². The zero-order valence-electron chi connectivity index (χ0n) is 8.64. The van der Waals surface area contributed by atoms with Crippen molar-refractivity contribution < 1.29 is 9.59 Å².